The molecule has 2 rings (SSSR count). The van der Waals surface area contributed by atoms with E-state index in [1.54, 1.807) is 18.3 Å². The zero-order valence-electron chi connectivity index (χ0n) is 8.11. The van der Waals surface area contributed by atoms with E-state index in [4.69, 9.17) is 4.74 Å². The standard InChI is InChI=1S/C10H9FN2O2/c1-15-8-2-3-13-9(5-8)12-7(6-11)4-10(13)14/h2-5H,6H2,1H3. The summed E-state index contributed by atoms with van der Waals surface area (Å²) in [7, 11) is 1.52. The predicted octanol–water partition coefficient (Wildman–Crippen LogP) is 1.17. The van der Waals surface area contributed by atoms with Crippen LogP contribution in [0.3, 0.4) is 0 Å². The number of ether oxygens (including phenoxy) is 1. The Kier molecular flexibility index (Phi) is 2.37. The van der Waals surface area contributed by atoms with Gasteiger partial charge in [-0.1, -0.05) is 0 Å². The smallest absolute Gasteiger partial charge is 0.258 e. The normalized spacial score (nSPS) is 10.5. The fourth-order valence-electron chi connectivity index (χ4n) is 1.33. The van der Waals surface area contributed by atoms with Gasteiger partial charge in [0.1, 0.15) is 18.1 Å². The first-order chi connectivity index (χ1) is 7.24. The number of halogens is 1. The molecule has 5 heteroatoms. The summed E-state index contributed by atoms with van der Waals surface area (Å²) >= 11 is 0. The van der Waals surface area contributed by atoms with E-state index in [0.717, 1.165) is 0 Å². The van der Waals surface area contributed by atoms with Gasteiger partial charge in [0.15, 0.2) is 0 Å². The molecule has 0 aliphatic carbocycles. The van der Waals surface area contributed by atoms with Crippen LogP contribution >= 0.6 is 0 Å². The second-order valence-electron chi connectivity index (χ2n) is 3.01. The second kappa shape index (κ2) is 3.68. The number of rotatable bonds is 2. The van der Waals surface area contributed by atoms with Crippen LogP contribution in [0.15, 0.2) is 29.2 Å². The van der Waals surface area contributed by atoms with E-state index >= 15 is 0 Å². The SMILES string of the molecule is COc1ccn2c(=O)cc(CF)nc2c1. The number of pyridine rings is 1. The molecule has 0 saturated heterocycles. The van der Waals surface area contributed by atoms with Gasteiger partial charge in [-0.05, 0) is 6.07 Å². The first-order valence-electron chi connectivity index (χ1n) is 4.37. The van der Waals surface area contributed by atoms with Crippen molar-refractivity contribution in [3.05, 3.63) is 40.4 Å². The highest BCUT2D eigenvalue weighted by Crippen LogP contribution is 2.11. The van der Waals surface area contributed by atoms with Crippen molar-refractivity contribution in [1.82, 2.24) is 9.38 Å². The maximum absolute atomic E-state index is 12.4. The zero-order valence-corrected chi connectivity index (χ0v) is 8.11. The van der Waals surface area contributed by atoms with Crippen molar-refractivity contribution < 1.29 is 9.13 Å². The van der Waals surface area contributed by atoms with Crippen LogP contribution in [0.5, 0.6) is 5.75 Å². The van der Waals surface area contributed by atoms with Crippen molar-refractivity contribution in [2.45, 2.75) is 6.67 Å². The van der Waals surface area contributed by atoms with Crippen LogP contribution < -0.4 is 10.3 Å². The van der Waals surface area contributed by atoms with Gasteiger partial charge < -0.3 is 4.74 Å². The number of hydrogen-bond donors (Lipinski definition) is 0. The van der Waals surface area contributed by atoms with Crippen molar-refractivity contribution in [3.8, 4) is 5.75 Å². The van der Waals surface area contributed by atoms with Crippen LogP contribution in [0.25, 0.3) is 5.65 Å². The Bertz CT molecular complexity index is 545. The highest BCUT2D eigenvalue weighted by molar-refractivity contribution is 5.44. The summed E-state index contributed by atoms with van der Waals surface area (Å²) in [5, 5.41) is 0. The minimum atomic E-state index is -0.747. The van der Waals surface area contributed by atoms with Crippen LogP contribution in [0.4, 0.5) is 4.39 Å². The molecule has 0 aliphatic rings. The van der Waals surface area contributed by atoms with E-state index in [0.29, 0.717) is 11.4 Å². The molecule has 15 heavy (non-hydrogen) atoms. The Morgan fingerprint density at radius 1 is 1.53 bits per heavy atom. The molecule has 0 saturated carbocycles. The minimum Gasteiger partial charge on any atom is -0.497 e. The number of methoxy groups -OCH3 is 1. The zero-order chi connectivity index (χ0) is 10.8. The highest BCUT2D eigenvalue weighted by Gasteiger charge is 2.02. The van der Waals surface area contributed by atoms with Gasteiger partial charge in [-0.2, -0.15) is 0 Å². The van der Waals surface area contributed by atoms with Gasteiger partial charge in [0.25, 0.3) is 5.56 Å². The van der Waals surface area contributed by atoms with Crippen LogP contribution in [0, 0.1) is 0 Å². The largest absolute Gasteiger partial charge is 0.497 e. The van der Waals surface area contributed by atoms with Crippen molar-refractivity contribution in [2.75, 3.05) is 7.11 Å². The Balaban J connectivity index is 2.75. The summed E-state index contributed by atoms with van der Waals surface area (Å²) in [5.74, 6) is 0.581. The molecule has 0 unspecified atom stereocenters. The quantitative estimate of drug-likeness (QED) is 0.744. The molecule has 4 nitrogen and oxygen atoms in total. The Morgan fingerprint density at radius 2 is 2.33 bits per heavy atom. The monoisotopic (exact) mass is 208 g/mol. The second-order valence-corrected chi connectivity index (χ2v) is 3.01. The molecule has 0 N–H and O–H groups in total. The Morgan fingerprint density at radius 3 is 3.00 bits per heavy atom. The fraction of sp³-hybridized carbons (Fsp3) is 0.200. The van der Waals surface area contributed by atoms with Crippen molar-refractivity contribution in [2.24, 2.45) is 0 Å². The molecule has 0 bridgehead atoms. The molecule has 0 spiro atoms. The van der Waals surface area contributed by atoms with E-state index < -0.39 is 6.67 Å². The van der Waals surface area contributed by atoms with Crippen molar-refractivity contribution in [1.29, 1.82) is 0 Å². The molecule has 0 atom stereocenters. The van der Waals surface area contributed by atoms with Gasteiger partial charge in [0, 0.05) is 18.3 Å². The number of alkyl halides is 1. The molecule has 0 aromatic carbocycles. The third-order valence-electron chi connectivity index (χ3n) is 2.06. The summed E-state index contributed by atoms with van der Waals surface area (Å²) in [5.41, 5.74) is 0.220. The number of fused-ring (bicyclic) bond motifs is 1. The van der Waals surface area contributed by atoms with E-state index in [9.17, 15) is 9.18 Å². The predicted molar refractivity (Wildman–Crippen MR) is 52.8 cm³/mol. The Labute approximate surface area is 85.0 Å². The van der Waals surface area contributed by atoms with Gasteiger partial charge in [-0.25, -0.2) is 9.37 Å². The van der Waals surface area contributed by atoms with Gasteiger partial charge in [0.05, 0.1) is 12.8 Å². The molecule has 2 aromatic rings. The lowest BCUT2D eigenvalue weighted by Gasteiger charge is -2.03. The maximum Gasteiger partial charge on any atom is 0.258 e. The molecular formula is C10H9FN2O2. The molecule has 2 aromatic heterocycles. The topological polar surface area (TPSA) is 43.6 Å². The lowest BCUT2D eigenvalue weighted by atomic mass is 10.4. The van der Waals surface area contributed by atoms with Crippen molar-refractivity contribution in [3.63, 3.8) is 0 Å². The average molecular weight is 208 g/mol. The summed E-state index contributed by atoms with van der Waals surface area (Å²) in [6.07, 6.45) is 1.55. The first kappa shape index (κ1) is 9.64. The molecule has 0 radical (unpaired) electrons. The van der Waals surface area contributed by atoms with E-state index in [1.807, 2.05) is 0 Å². The summed E-state index contributed by atoms with van der Waals surface area (Å²) in [6.45, 7) is -0.747. The van der Waals surface area contributed by atoms with Crippen LogP contribution in [0.1, 0.15) is 5.69 Å². The van der Waals surface area contributed by atoms with Gasteiger partial charge in [0.2, 0.25) is 0 Å². The lowest BCUT2D eigenvalue weighted by molar-refractivity contribution is 0.414. The third kappa shape index (κ3) is 1.68. The van der Waals surface area contributed by atoms with E-state index in [2.05, 4.69) is 4.98 Å². The first-order valence-corrected chi connectivity index (χ1v) is 4.37. The molecule has 0 amide bonds. The summed E-state index contributed by atoms with van der Waals surface area (Å²) in [4.78, 5) is 15.4. The highest BCUT2D eigenvalue weighted by atomic mass is 19.1. The number of aromatic nitrogens is 2. The Hall–Kier alpha value is -1.91. The molecule has 0 fully saturated rings. The number of hydrogen-bond acceptors (Lipinski definition) is 3. The van der Waals surface area contributed by atoms with E-state index in [1.165, 1.54) is 17.6 Å². The minimum absolute atomic E-state index is 0.133. The summed E-state index contributed by atoms with van der Waals surface area (Å²) < 4.78 is 18.7. The van der Waals surface area contributed by atoms with Gasteiger partial charge in [-0.15, -0.1) is 0 Å². The van der Waals surface area contributed by atoms with Crippen LogP contribution in [-0.4, -0.2) is 16.5 Å². The van der Waals surface area contributed by atoms with Crippen LogP contribution in [-0.2, 0) is 6.67 Å². The number of nitrogens with zero attached hydrogens (tertiary/aromatic N) is 2. The van der Waals surface area contributed by atoms with E-state index in [-0.39, 0.29) is 11.3 Å². The molecule has 2 heterocycles. The van der Waals surface area contributed by atoms with Gasteiger partial charge >= 0.3 is 0 Å². The lowest BCUT2D eigenvalue weighted by Crippen LogP contribution is -2.14. The fourth-order valence-corrected chi connectivity index (χ4v) is 1.33. The van der Waals surface area contributed by atoms with Crippen LogP contribution in [0.2, 0.25) is 0 Å². The average Bonchev–Trinajstić information content (AvgIpc) is 2.28. The van der Waals surface area contributed by atoms with Gasteiger partial charge in [-0.3, -0.25) is 9.20 Å². The molecule has 0 aliphatic heterocycles. The summed E-state index contributed by atoms with van der Waals surface area (Å²) in [6, 6.07) is 4.41. The third-order valence-corrected chi connectivity index (χ3v) is 2.06. The maximum atomic E-state index is 12.4. The molecular weight excluding hydrogens is 199 g/mol. The molecule has 78 valence electrons. The van der Waals surface area contributed by atoms with Crippen molar-refractivity contribution >= 4 is 5.65 Å².